The molecule has 0 radical (unpaired) electrons. The molecule has 0 bridgehead atoms. The van der Waals surface area contributed by atoms with Gasteiger partial charge in [0.05, 0.1) is 12.6 Å². The van der Waals surface area contributed by atoms with Gasteiger partial charge in [-0.25, -0.2) is 4.79 Å². The van der Waals surface area contributed by atoms with Crippen molar-refractivity contribution < 1.29 is 14.3 Å². The quantitative estimate of drug-likeness (QED) is 0.674. The molecular weight excluding hydrogens is 316 g/mol. The van der Waals surface area contributed by atoms with Crippen molar-refractivity contribution in [3.05, 3.63) is 53.1 Å². The number of rotatable bonds is 4. The van der Waals surface area contributed by atoms with Crippen LogP contribution in [0.3, 0.4) is 0 Å². The van der Waals surface area contributed by atoms with E-state index >= 15 is 0 Å². The number of nitrogens with zero attached hydrogens (tertiary/aromatic N) is 1. The molecule has 132 valence electrons. The molecule has 2 aliphatic rings. The van der Waals surface area contributed by atoms with Crippen LogP contribution in [-0.4, -0.2) is 30.2 Å². The second-order valence-corrected chi connectivity index (χ2v) is 7.18. The topological polar surface area (TPSA) is 58.6 Å². The number of aryl methyl sites for hydroxylation is 1. The Morgan fingerprint density at radius 3 is 2.56 bits per heavy atom. The summed E-state index contributed by atoms with van der Waals surface area (Å²) in [5, 5.41) is 2.97. The summed E-state index contributed by atoms with van der Waals surface area (Å²) in [5.74, 6) is -0.121. The van der Waals surface area contributed by atoms with Gasteiger partial charge in [-0.1, -0.05) is 35.4 Å². The van der Waals surface area contributed by atoms with Crippen molar-refractivity contribution in [3.63, 3.8) is 0 Å². The average molecular weight is 340 g/mol. The van der Waals surface area contributed by atoms with E-state index in [0.29, 0.717) is 18.5 Å². The number of amides is 2. The monoisotopic (exact) mass is 340 g/mol. The minimum absolute atomic E-state index is 0.121. The molecule has 5 nitrogen and oxygen atoms in total. The number of hydrogen-bond donors (Lipinski definition) is 1. The number of carbonyl (C=O) groups excluding carboxylic acids is 2. The molecule has 1 aliphatic heterocycles. The Kier molecular flexibility index (Phi) is 4.41. The van der Waals surface area contributed by atoms with Crippen LogP contribution in [0, 0.1) is 6.92 Å². The Balaban J connectivity index is 1.63. The minimum atomic E-state index is -0.589. The predicted molar refractivity (Wildman–Crippen MR) is 97.5 cm³/mol. The van der Waals surface area contributed by atoms with Crippen LogP contribution in [0.1, 0.15) is 32.8 Å². The molecule has 1 N–H and O–H groups in total. The number of allylic oxidation sites excluding steroid dienone is 3. The molecule has 2 unspecified atom stereocenters. The summed E-state index contributed by atoms with van der Waals surface area (Å²) in [6.07, 6.45) is 4.02. The minimum Gasteiger partial charge on any atom is -0.438 e. The molecule has 2 amide bonds. The first-order valence-electron chi connectivity index (χ1n) is 8.50. The van der Waals surface area contributed by atoms with Crippen LogP contribution >= 0.6 is 0 Å². The maximum atomic E-state index is 12.3. The molecule has 2 fully saturated rings. The molecule has 1 aromatic carbocycles. The number of anilines is 1. The first-order valence-corrected chi connectivity index (χ1v) is 8.50. The standard InChI is InChI=1S/C20H24N2O3/c1-13(2)5-8-15(4)18(23)21-17-11-20(17)12-22(19(24)25-20)16-9-6-14(3)7-10-16/h5-10,17H,11-12H2,1-4H3,(H,21,23)/b15-8+. The van der Waals surface area contributed by atoms with Crippen LogP contribution < -0.4 is 10.2 Å². The van der Waals surface area contributed by atoms with Gasteiger partial charge in [-0.2, -0.15) is 0 Å². The van der Waals surface area contributed by atoms with Crippen LogP contribution in [0.25, 0.3) is 0 Å². The summed E-state index contributed by atoms with van der Waals surface area (Å²) in [4.78, 5) is 26.1. The number of ether oxygens (including phenoxy) is 1. The maximum absolute atomic E-state index is 12.3. The highest BCUT2D eigenvalue weighted by Crippen LogP contribution is 2.46. The Morgan fingerprint density at radius 1 is 1.24 bits per heavy atom. The first kappa shape index (κ1) is 17.3. The van der Waals surface area contributed by atoms with E-state index in [1.54, 1.807) is 17.9 Å². The molecule has 5 heteroatoms. The highest BCUT2D eigenvalue weighted by molar-refractivity contribution is 5.95. The number of carbonyl (C=O) groups is 2. The lowest BCUT2D eigenvalue weighted by atomic mass is 10.2. The number of benzene rings is 1. The Labute approximate surface area is 148 Å². The highest BCUT2D eigenvalue weighted by atomic mass is 16.6. The number of nitrogens with one attached hydrogen (secondary N) is 1. The van der Waals surface area contributed by atoms with Gasteiger partial charge in [0, 0.05) is 17.7 Å². The molecule has 1 aromatic rings. The smallest absolute Gasteiger partial charge is 0.415 e. The van der Waals surface area contributed by atoms with Crippen molar-refractivity contribution in [2.45, 2.75) is 45.8 Å². The van der Waals surface area contributed by atoms with Crippen LogP contribution in [0.5, 0.6) is 0 Å². The lowest BCUT2D eigenvalue weighted by Gasteiger charge is -2.13. The third-order valence-corrected chi connectivity index (χ3v) is 4.64. The van der Waals surface area contributed by atoms with Crippen LogP contribution in [-0.2, 0) is 9.53 Å². The highest BCUT2D eigenvalue weighted by Gasteiger charge is 2.64. The van der Waals surface area contributed by atoms with E-state index in [2.05, 4.69) is 5.32 Å². The summed E-state index contributed by atoms with van der Waals surface area (Å²) in [6.45, 7) is 8.22. The van der Waals surface area contributed by atoms with Crippen molar-refractivity contribution in [1.29, 1.82) is 0 Å². The SMILES string of the molecule is CC(C)=C/C=C(\C)C(=O)NC1CC12CN(c1ccc(C)cc1)C(=O)O2. The van der Waals surface area contributed by atoms with Crippen LogP contribution in [0.2, 0.25) is 0 Å². The summed E-state index contributed by atoms with van der Waals surface area (Å²) in [6, 6.07) is 7.64. The van der Waals surface area contributed by atoms with E-state index in [1.165, 1.54) is 0 Å². The van der Waals surface area contributed by atoms with E-state index in [0.717, 1.165) is 16.8 Å². The van der Waals surface area contributed by atoms with Crippen molar-refractivity contribution in [2.24, 2.45) is 0 Å². The van der Waals surface area contributed by atoms with Crippen LogP contribution in [0.15, 0.2) is 47.6 Å². The van der Waals surface area contributed by atoms with E-state index in [9.17, 15) is 9.59 Å². The molecule has 1 heterocycles. The molecular formula is C20H24N2O3. The summed E-state index contributed by atoms with van der Waals surface area (Å²) >= 11 is 0. The normalized spacial score (nSPS) is 25.0. The molecule has 1 aliphatic carbocycles. The second kappa shape index (κ2) is 6.39. The third-order valence-electron chi connectivity index (χ3n) is 4.64. The van der Waals surface area contributed by atoms with Gasteiger partial charge in [0.2, 0.25) is 5.91 Å². The second-order valence-electron chi connectivity index (χ2n) is 7.18. The Morgan fingerprint density at radius 2 is 1.92 bits per heavy atom. The molecule has 0 aromatic heterocycles. The van der Waals surface area contributed by atoms with Gasteiger partial charge in [-0.15, -0.1) is 0 Å². The van der Waals surface area contributed by atoms with E-state index in [4.69, 9.17) is 4.74 Å². The van der Waals surface area contributed by atoms with Gasteiger partial charge in [0.1, 0.15) is 0 Å². The predicted octanol–water partition coefficient (Wildman–Crippen LogP) is 3.49. The van der Waals surface area contributed by atoms with Crippen molar-refractivity contribution in [1.82, 2.24) is 5.32 Å². The molecule has 2 atom stereocenters. The van der Waals surface area contributed by atoms with Crippen molar-refractivity contribution >= 4 is 17.7 Å². The molecule has 25 heavy (non-hydrogen) atoms. The van der Waals surface area contributed by atoms with Gasteiger partial charge < -0.3 is 10.1 Å². The van der Waals surface area contributed by atoms with Gasteiger partial charge >= 0.3 is 6.09 Å². The zero-order valence-electron chi connectivity index (χ0n) is 15.1. The fourth-order valence-electron chi connectivity index (χ4n) is 2.91. The van der Waals surface area contributed by atoms with Gasteiger partial charge in [-0.3, -0.25) is 9.69 Å². The van der Waals surface area contributed by atoms with Gasteiger partial charge in [0.25, 0.3) is 0 Å². The van der Waals surface area contributed by atoms with Gasteiger partial charge in [-0.05, 0) is 39.8 Å². The van der Waals surface area contributed by atoms with Crippen molar-refractivity contribution in [2.75, 3.05) is 11.4 Å². The fourth-order valence-corrected chi connectivity index (χ4v) is 2.91. The van der Waals surface area contributed by atoms with Crippen molar-refractivity contribution in [3.8, 4) is 0 Å². The molecule has 3 rings (SSSR count). The summed E-state index contributed by atoms with van der Waals surface area (Å²) < 4.78 is 5.59. The number of hydrogen-bond acceptors (Lipinski definition) is 3. The zero-order valence-corrected chi connectivity index (χ0v) is 15.1. The fraction of sp³-hybridized carbons (Fsp3) is 0.400. The molecule has 1 saturated heterocycles. The van der Waals surface area contributed by atoms with E-state index in [-0.39, 0.29) is 18.0 Å². The zero-order chi connectivity index (χ0) is 18.2. The average Bonchev–Trinajstić information content (AvgIpc) is 3.09. The van der Waals surface area contributed by atoms with Gasteiger partial charge in [0.15, 0.2) is 5.60 Å². The lowest BCUT2D eigenvalue weighted by Crippen LogP contribution is -2.35. The maximum Gasteiger partial charge on any atom is 0.415 e. The summed E-state index contributed by atoms with van der Waals surface area (Å²) in [7, 11) is 0. The lowest BCUT2D eigenvalue weighted by molar-refractivity contribution is -0.117. The largest absolute Gasteiger partial charge is 0.438 e. The Bertz CT molecular complexity index is 760. The van der Waals surface area contributed by atoms with Crippen LogP contribution in [0.4, 0.5) is 10.5 Å². The summed E-state index contributed by atoms with van der Waals surface area (Å²) in [5.41, 5.74) is 3.15. The Hall–Kier alpha value is -2.56. The van der Waals surface area contributed by atoms with E-state index < -0.39 is 5.60 Å². The third kappa shape index (κ3) is 3.60. The molecule has 1 spiro atoms. The molecule has 1 saturated carbocycles. The first-order chi connectivity index (χ1) is 11.8. The van der Waals surface area contributed by atoms with E-state index in [1.807, 2.05) is 51.1 Å².